The zero-order valence-electron chi connectivity index (χ0n) is 15.7. The molecule has 0 N–H and O–H groups in total. The van der Waals surface area contributed by atoms with Crippen molar-refractivity contribution in [2.75, 3.05) is 45.3 Å². The van der Waals surface area contributed by atoms with Crippen molar-refractivity contribution in [3.05, 3.63) is 64.8 Å². The van der Waals surface area contributed by atoms with Gasteiger partial charge in [0.15, 0.2) is 0 Å². The summed E-state index contributed by atoms with van der Waals surface area (Å²) in [6, 6.07) is 18.4. The first-order chi connectivity index (χ1) is 13.2. The highest BCUT2D eigenvalue weighted by Gasteiger charge is 2.19. The number of thiazole rings is 1. The van der Waals surface area contributed by atoms with Gasteiger partial charge in [0.1, 0.15) is 5.75 Å². The van der Waals surface area contributed by atoms with Crippen LogP contribution in [-0.4, -0.2) is 49.9 Å². The van der Waals surface area contributed by atoms with Crippen LogP contribution in [0.25, 0.3) is 11.3 Å². The number of nitrogens with zero attached hydrogens (tertiary/aromatic N) is 4. The molecule has 2 aromatic carbocycles. The quantitative estimate of drug-likeness (QED) is 0.696. The van der Waals surface area contributed by atoms with Crippen LogP contribution in [0.2, 0.25) is 0 Å². The van der Waals surface area contributed by atoms with E-state index in [2.05, 4.69) is 57.3 Å². The zero-order chi connectivity index (χ0) is 18.6. The minimum Gasteiger partial charge on any atom is -0.497 e. The van der Waals surface area contributed by atoms with Crippen LogP contribution in [0, 0.1) is 0 Å². The van der Waals surface area contributed by atoms with Crippen LogP contribution in [0.1, 0.15) is 0 Å². The molecule has 0 saturated carbocycles. The van der Waals surface area contributed by atoms with Crippen molar-refractivity contribution in [1.29, 1.82) is 0 Å². The number of piperazine rings is 1. The minimum absolute atomic E-state index is 0.844. The minimum atomic E-state index is 0.844. The molecule has 0 amide bonds. The smallest absolute Gasteiger partial charge is 0.209 e. The molecule has 1 aromatic heterocycles. The van der Waals surface area contributed by atoms with E-state index in [0.29, 0.717) is 0 Å². The molecule has 4 rings (SSSR count). The first-order valence-corrected chi connectivity index (χ1v) is 10.0. The lowest BCUT2D eigenvalue weighted by Crippen LogP contribution is -2.52. The summed E-state index contributed by atoms with van der Waals surface area (Å²) in [4.78, 5) is 8.28. The predicted molar refractivity (Wildman–Crippen MR) is 111 cm³/mol. The maximum Gasteiger partial charge on any atom is 0.209 e. The van der Waals surface area contributed by atoms with Gasteiger partial charge < -0.3 is 14.6 Å². The largest absolute Gasteiger partial charge is 0.497 e. The molecule has 1 aliphatic heterocycles. The first kappa shape index (κ1) is 17.8. The Morgan fingerprint density at radius 2 is 1.63 bits per heavy atom. The zero-order valence-corrected chi connectivity index (χ0v) is 16.5. The van der Waals surface area contributed by atoms with Crippen LogP contribution in [-0.2, 0) is 0 Å². The first-order valence-electron chi connectivity index (χ1n) is 9.13. The summed E-state index contributed by atoms with van der Waals surface area (Å²) in [5, 5.41) is 4.61. The molecule has 140 valence electrons. The fraction of sp³-hybridized carbons (Fsp3) is 0.286. The van der Waals surface area contributed by atoms with Crippen molar-refractivity contribution < 1.29 is 4.74 Å². The topological polar surface area (TPSA) is 33.0 Å². The van der Waals surface area contributed by atoms with Gasteiger partial charge in [-0.05, 0) is 31.3 Å². The number of benzene rings is 2. The standard InChI is InChI=1S/C21H24N4OS/c1-23-12-14-24(15-13-23)25-20(17-6-4-3-5-7-17)16-27-21(25)22-18-8-10-19(26-2)11-9-18/h3-11,16H,12-15H2,1-2H3. The molecule has 0 atom stereocenters. The lowest BCUT2D eigenvalue weighted by Gasteiger charge is -2.35. The highest BCUT2D eigenvalue weighted by atomic mass is 32.1. The second-order valence-electron chi connectivity index (χ2n) is 6.65. The third-order valence-corrected chi connectivity index (χ3v) is 5.63. The van der Waals surface area contributed by atoms with Crippen LogP contribution >= 0.6 is 11.3 Å². The normalized spacial score (nSPS) is 15.9. The number of hydrogen-bond donors (Lipinski definition) is 0. The van der Waals surface area contributed by atoms with Gasteiger partial charge in [0.05, 0.1) is 18.5 Å². The highest BCUT2D eigenvalue weighted by Crippen LogP contribution is 2.22. The molecule has 0 radical (unpaired) electrons. The Morgan fingerprint density at radius 1 is 0.926 bits per heavy atom. The summed E-state index contributed by atoms with van der Waals surface area (Å²) >= 11 is 1.68. The average molecular weight is 381 g/mol. The molecular formula is C21H24N4OS. The number of aromatic nitrogens is 1. The van der Waals surface area contributed by atoms with Gasteiger partial charge in [-0.1, -0.05) is 30.3 Å². The van der Waals surface area contributed by atoms with Crippen LogP contribution in [0.5, 0.6) is 5.75 Å². The van der Waals surface area contributed by atoms with E-state index in [0.717, 1.165) is 42.4 Å². The van der Waals surface area contributed by atoms with E-state index in [1.807, 2.05) is 24.3 Å². The Balaban J connectivity index is 1.79. The van der Waals surface area contributed by atoms with Gasteiger partial charge in [0, 0.05) is 37.1 Å². The van der Waals surface area contributed by atoms with E-state index in [1.165, 1.54) is 11.3 Å². The van der Waals surface area contributed by atoms with Gasteiger partial charge in [-0.15, -0.1) is 11.3 Å². The van der Waals surface area contributed by atoms with E-state index < -0.39 is 0 Å². The summed E-state index contributed by atoms with van der Waals surface area (Å²) < 4.78 is 7.54. The molecule has 5 nitrogen and oxygen atoms in total. The van der Waals surface area contributed by atoms with Crippen molar-refractivity contribution in [1.82, 2.24) is 9.58 Å². The lowest BCUT2D eigenvalue weighted by atomic mass is 10.2. The molecule has 3 aromatic rings. The van der Waals surface area contributed by atoms with Gasteiger partial charge in [0.2, 0.25) is 4.80 Å². The monoisotopic (exact) mass is 380 g/mol. The van der Waals surface area contributed by atoms with Crippen LogP contribution in [0.3, 0.4) is 0 Å². The Bertz CT molecular complexity index is 938. The molecule has 0 bridgehead atoms. The second-order valence-corrected chi connectivity index (χ2v) is 7.48. The second kappa shape index (κ2) is 7.98. The molecule has 1 fully saturated rings. The van der Waals surface area contributed by atoms with Gasteiger partial charge in [0.25, 0.3) is 0 Å². The van der Waals surface area contributed by atoms with Crippen molar-refractivity contribution >= 4 is 17.0 Å². The maximum absolute atomic E-state index is 5.25. The van der Waals surface area contributed by atoms with Gasteiger partial charge in [-0.3, -0.25) is 0 Å². The van der Waals surface area contributed by atoms with E-state index in [4.69, 9.17) is 9.73 Å². The summed E-state index contributed by atoms with van der Waals surface area (Å²) in [6.45, 7) is 4.09. The lowest BCUT2D eigenvalue weighted by molar-refractivity contribution is 0.287. The molecule has 0 aliphatic carbocycles. The van der Waals surface area contributed by atoms with Gasteiger partial charge >= 0.3 is 0 Å². The van der Waals surface area contributed by atoms with E-state index in [-0.39, 0.29) is 0 Å². The highest BCUT2D eigenvalue weighted by molar-refractivity contribution is 7.07. The van der Waals surface area contributed by atoms with Crippen molar-refractivity contribution in [3.8, 4) is 17.0 Å². The molecule has 1 aliphatic rings. The third kappa shape index (κ3) is 3.91. The summed E-state index contributed by atoms with van der Waals surface area (Å²) in [5.74, 6) is 0.844. The van der Waals surface area contributed by atoms with E-state index in [9.17, 15) is 0 Å². The maximum atomic E-state index is 5.25. The number of methoxy groups -OCH3 is 1. The summed E-state index contributed by atoms with van der Waals surface area (Å²) in [6.07, 6.45) is 0. The number of likely N-dealkylation sites (N-methyl/N-ethyl adjacent to an activating group) is 1. The molecule has 27 heavy (non-hydrogen) atoms. The third-order valence-electron chi connectivity index (χ3n) is 4.81. The Kier molecular flexibility index (Phi) is 5.27. The number of ether oxygens (including phenoxy) is 1. The van der Waals surface area contributed by atoms with Crippen molar-refractivity contribution in [2.24, 2.45) is 4.99 Å². The molecule has 0 spiro atoms. The SMILES string of the molecule is COc1ccc(N=c2scc(-c3ccccc3)n2N2CCN(C)CC2)cc1. The predicted octanol–water partition coefficient (Wildman–Crippen LogP) is 3.34. The molecule has 6 heteroatoms. The number of hydrogen-bond acceptors (Lipinski definition) is 5. The van der Waals surface area contributed by atoms with E-state index in [1.54, 1.807) is 18.4 Å². The molecular weight excluding hydrogens is 356 g/mol. The molecule has 1 saturated heterocycles. The van der Waals surface area contributed by atoms with Crippen molar-refractivity contribution in [3.63, 3.8) is 0 Å². The van der Waals surface area contributed by atoms with Crippen molar-refractivity contribution in [2.45, 2.75) is 0 Å². The molecule has 2 heterocycles. The van der Waals surface area contributed by atoms with E-state index >= 15 is 0 Å². The van der Waals surface area contributed by atoms with Gasteiger partial charge in [-0.2, -0.15) is 0 Å². The molecule has 0 unspecified atom stereocenters. The summed E-state index contributed by atoms with van der Waals surface area (Å²) in [5.41, 5.74) is 3.33. The Morgan fingerprint density at radius 3 is 2.30 bits per heavy atom. The summed E-state index contributed by atoms with van der Waals surface area (Å²) in [7, 11) is 3.86. The average Bonchev–Trinajstić information content (AvgIpc) is 3.13. The van der Waals surface area contributed by atoms with Crippen LogP contribution < -0.4 is 14.5 Å². The fourth-order valence-corrected chi connectivity index (χ4v) is 4.15. The van der Waals surface area contributed by atoms with Gasteiger partial charge in [-0.25, -0.2) is 9.67 Å². The fourth-order valence-electron chi connectivity index (χ4n) is 3.22. The van der Waals surface area contributed by atoms with Crippen LogP contribution in [0.15, 0.2) is 65.0 Å². The number of rotatable bonds is 4. The van der Waals surface area contributed by atoms with Crippen LogP contribution in [0.4, 0.5) is 5.69 Å². The Hall–Kier alpha value is -2.57. The Labute approximate surface area is 163 Å².